The fraction of sp³-hybridized carbons (Fsp3) is 0.923. The molecule has 2 fully saturated rings. The van der Waals surface area contributed by atoms with E-state index in [0.717, 1.165) is 57.3 Å². The van der Waals surface area contributed by atoms with Crippen molar-refractivity contribution in [3.8, 4) is 0 Å². The zero-order valence-corrected chi connectivity index (χ0v) is 12.5. The van der Waals surface area contributed by atoms with Crippen LogP contribution in [0.25, 0.3) is 0 Å². The van der Waals surface area contributed by atoms with E-state index in [0.29, 0.717) is 6.61 Å². The van der Waals surface area contributed by atoms with Crippen molar-refractivity contribution in [2.24, 2.45) is 0 Å². The Morgan fingerprint density at radius 2 is 2.16 bits per heavy atom. The Labute approximate surface area is 119 Å². The molecular weight excluding hydrogens is 264 g/mol. The van der Waals surface area contributed by atoms with Gasteiger partial charge in [0, 0.05) is 31.9 Å². The van der Waals surface area contributed by atoms with E-state index in [2.05, 4.69) is 4.90 Å². The van der Waals surface area contributed by atoms with Crippen LogP contribution in [0.2, 0.25) is 0 Å². The molecule has 0 aromatic carbocycles. The van der Waals surface area contributed by atoms with E-state index < -0.39 is 0 Å². The number of amides is 1. The number of thioether (sulfide) groups is 1. The van der Waals surface area contributed by atoms with Gasteiger partial charge in [0.1, 0.15) is 0 Å². The average Bonchev–Trinajstić information content (AvgIpc) is 2.66. The highest BCUT2D eigenvalue weighted by atomic mass is 32.2. The molecule has 0 unspecified atom stereocenters. The Morgan fingerprint density at radius 1 is 1.37 bits per heavy atom. The molecule has 0 spiro atoms. The summed E-state index contributed by atoms with van der Waals surface area (Å²) in [5.74, 6) is 2.14. The third-order valence-corrected chi connectivity index (χ3v) is 4.71. The van der Waals surface area contributed by atoms with E-state index in [-0.39, 0.29) is 12.1 Å². The molecule has 19 heavy (non-hydrogen) atoms. The molecule has 0 radical (unpaired) electrons. The smallest absolute Gasteiger partial charge is 0.410 e. The third kappa shape index (κ3) is 4.54. The van der Waals surface area contributed by atoms with Crippen molar-refractivity contribution < 1.29 is 14.3 Å². The molecule has 0 aliphatic carbocycles. The molecule has 6 heteroatoms. The molecule has 0 saturated carbocycles. The monoisotopic (exact) mass is 288 g/mol. The van der Waals surface area contributed by atoms with E-state index in [4.69, 9.17) is 9.47 Å². The lowest BCUT2D eigenvalue weighted by Gasteiger charge is -2.35. The van der Waals surface area contributed by atoms with Crippen LogP contribution in [0.4, 0.5) is 4.79 Å². The minimum atomic E-state index is -0.150. The summed E-state index contributed by atoms with van der Waals surface area (Å²) in [6, 6.07) is 0.268. The molecule has 1 atom stereocenters. The molecular formula is C13H24N2O3S. The molecule has 0 bridgehead atoms. The van der Waals surface area contributed by atoms with Crippen LogP contribution in [0.15, 0.2) is 0 Å². The predicted octanol–water partition coefficient (Wildman–Crippen LogP) is 1.28. The maximum absolute atomic E-state index is 12.1. The maximum Gasteiger partial charge on any atom is 0.410 e. The van der Waals surface area contributed by atoms with Crippen LogP contribution in [0.1, 0.15) is 13.3 Å². The van der Waals surface area contributed by atoms with Gasteiger partial charge in [0.15, 0.2) is 0 Å². The topological polar surface area (TPSA) is 42.0 Å². The molecule has 0 aromatic heterocycles. The molecule has 110 valence electrons. The van der Waals surface area contributed by atoms with Gasteiger partial charge in [0.05, 0.1) is 25.9 Å². The van der Waals surface area contributed by atoms with E-state index in [1.165, 1.54) is 0 Å². The highest BCUT2D eigenvalue weighted by molar-refractivity contribution is 7.99. The highest BCUT2D eigenvalue weighted by Gasteiger charge is 2.28. The standard InChI is InChI=1S/C13H24N2O3S/c1-2-18-13(16)15-4-3-9-19-11-12(15)10-14-5-7-17-8-6-14/h12H,2-11H2,1H3/t12-/m1/s1. The van der Waals surface area contributed by atoms with Crippen LogP contribution < -0.4 is 0 Å². The SMILES string of the molecule is CCOC(=O)N1CCCSC[C@H]1CN1CCOCC1. The van der Waals surface area contributed by atoms with Crippen LogP contribution in [0.3, 0.4) is 0 Å². The van der Waals surface area contributed by atoms with Gasteiger partial charge >= 0.3 is 6.09 Å². The molecule has 2 saturated heterocycles. The molecule has 5 nitrogen and oxygen atoms in total. The summed E-state index contributed by atoms with van der Waals surface area (Å²) in [5, 5.41) is 0. The van der Waals surface area contributed by atoms with Gasteiger partial charge in [-0.2, -0.15) is 11.8 Å². The zero-order valence-electron chi connectivity index (χ0n) is 11.7. The summed E-state index contributed by atoms with van der Waals surface area (Å²) in [6.45, 7) is 7.62. The Balaban J connectivity index is 1.93. The summed E-state index contributed by atoms with van der Waals surface area (Å²) >= 11 is 1.94. The minimum Gasteiger partial charge on any atom is -0.450 e. The first kappa shape index (κ1) is 14.9. The number of hydrogen-bond donors (Lipinski definition) is 0. The molecule has 2 rings (SSSR count). The average molecular weight is 288 g/mol. The fourth-order valence-electron chi connectivity index (χ4n) is 2.51. The molecule has 0 aromatic rings. The first-order valence-corrected chi connectivity index (χ1v) is 8.28. The molecule has 2 heterocycles. The molecule has 2 aliphatic rings. The lowest BCUT2D eigenvalue weighted by atomic mass is 10.2. The largest absolute Gasteiger partial charge is 0.450 e. The number of carbonyl (C=O) groups is 1. The fourth-order valence-corrected chi connectivity index (χ4v) is 3.57. The van der Waals surface area contributed by atoms with Gasteiger partial charge in [-0.05, 0) is 19.1 Å². The summed E-state index contributed by atoms with van der Waals surface area (Å²) < 4.78 is 10.6. The molecule has 1 amide bonds. The van der Waals surface area contributed by atoms with Gasteiger partial charge in [-0.15, -0.1) is 0 Å². The van der Waals surface area contributed by atoms with Crippen LogP contribution in [0.5, 0.6) is 0 Å². The Hall–Kier alpha value is -0.460. The van der Waals surface area contributed by atoms with Crippen LogP contribution in [-0.2, 0) is 9.47 Å². The predicted molar refractivity (Wildman–Crippen MR) is 76.7 cm³/mol. The van der Waals surface area contributed by atoms with Gasteiger partial charge in [0.2, 0.25) is 0 Å². The highest BCUT2D eigenvalue weighted by Crippen LogP contribution is 2.18. The number of nitrogens with zero attached hydrogens (tertiary/aromatic N) is 2. The Morgan fingerprint density at radius 3 is 2.89 bits per heavy atom. The van der Waals surface area contributed by atoms with Crippen molar-refractivity contribution in [1.82, 2.24) is 9.80 Å². The number of ether oxygens (including phenoxy) is 2. The van der Waals surface area contributed by atoms with Crippen LogP contribution in [0, 0.1) is 0 Å². The quantitative estimate of drug-likeness (QED) is 0.782. The second kappa shape index (κ2) is 7.97. The lowest BCUT2D eigenvalue weighted by Crippen LogP contribution is -2.50. The van der Waals surface area contributed by atoms with Crippen LogP contribution >= 0.6 is 11.8 Å². The van der Waals surface area contributed by atoms with Gasteiger partial charge < -0.3 is 14.4 Å². The molecule has 2 aliphatic heterocycles. The normalized spacial score (nSPS) is 25.9. The van der Waals surface area contributed by atoms with Gasteiger partial charge in [-0.25, -0.2) is 4.79 Å². The zero-order chi connectivity index (χ0) is 13.5. The Bertz CT molecular complexity index is 285. The van der Waals surface area contributed by atoms with Crippen molar-refractivity contribution >= 4 is 17.9 Å². The van der Waals surface area contributed by atoms with Crippen molar-refractivity contribution in [3.63, 3.8) is 0 Å². The summed E-state index contributed by atoms with van der Waals surface area (Å²) in [4.78, 5) is 16.4. The third-order valence-electron chi connectivity index (χ3n) is 3.51. The van der Waals surface area contributed by atoms with Crippen molar-refractivity contribution in [2.45, 2.75) is 19.4 Å². The maximum atomic E-state index is 12.1. The van der Waals surface area contributed by atoms with E-state index in [1.54, 1.807) is 0 Å². The van der Waals surface area contributed by atoms with Gasteiger partial charge in [-0.1, -0.05) is 0 Å². The number of carbonyl (C=O) groups excluding carboxylic acids is 1. The Kier molecular flexibility index (Phi) is 6.26. The van der Waals surface area contributed by atoms with Crippen LogP contribution in [-0.4, -0.2) is 79.4 Å². The summed E-state index contributed by atoms with van der Waals surface area (Å²) in [5.41, 5.74) is 0. The molecule has 0 N–H and O–H groups in total. The summed E-state index contributed by atoms with van der Waals surface area (Å²) in [6.07, 6.45) is 0.909. The van der Waals surface area contributed by atoms with Crippen molar-refractivity contribution in [3.05, 3.63) is 0 Å². The second-order valence-electron chi connectivity index (χ2n) is 4.89. The van der Waals surface area contributed by atoms with Crippen molar-refractivity contribution in [1.29, 1.82) is 0 Å². The first-order chi connectivity index (χ1) is 9.31. The number of hydrogen-bond acceptors (Lipinski definition) is 5. The minimum absolute atomic E-state index is 0.150. The van der Waals surface area contributed by atoms with Gasteiger partial charge in [0.25, 0.3) is 0 Å². The first-order valence-electron chi connectivity index (χ1n) is 7.12. The van der Waals surface area contributed by atoms with E-state index >= 15 is 0 Å². The second-order valence-corrected chi connectivity index (χ2v) is 6.04. The summed E-state index contributed by atoms with van der Waals surface area (Å²) in [7, 11) is 0. The van der Waals surface area contributed by atoms with Gasteiger partial charge in [-0.3, -0.25) is 4.90 Å². The van der Waals surface area contributed by atoms with Crippen molar-refractivity contribution in [2.75, 3.05) is 57.5 Å². The lowest BCUT2D eigenvalue weighted by molar-refractivity contribution is 0.0237. The number of rotatable bonds is 3. The number of morpholine rings is 1. The van der Waals surface area contributed by atoms with E-state index in [1.807, 2.05) is 23.6 Å². The van der Waals surface area contributed by atoms with E-state index in [9.17, 15) is 4.79 Å².